The van der Waals surface area contributed by atoms with Crippen molar-refractivity contribution in [3.63, 3.8) is 0 Å². The van der Waals surface area contributed by atoms with Crippen LogP contribution in [0.3, 0.4) is 0 Å². The summed E-state index contributed by atoms with van der Waals surface area (Å²) in [5, 5.41) is 19.4. The van der Waals surface area contributed by atoms with Gasteiger partial charge in [-0.25, -0.2) is 5.10 Å². The zero-order valence-electron chi connectivity index (χ0n) is 19.6. The second-order valence-corrected chi connectivity index (χ2v) is 9.21. The second kappa shape index (κ2) is 9.55. The lowest BCUT2D eigenvalue weighted by molar-refractivity contribution is -0.113. The topological polar surface area (TPSA) is 131 Å². The highest BCUT2D eigenvalue weighted by molar-refractivity contribution is 7.99. The third-order valence-electron chi connectivity index (χ3n) is 5.75. The van der Waals surface area contributed by atoms with Crippen molar-refractivity contribution in [2.45, 2.75) is 25.9 Å². The number of nitrogens with one attached hydrogen (secondary N) is 2. The number of ether oxygens (including phenoxy) is 1. The first-order valence-corrected chi connectivity index (χ1v) is 12.2. The number of rotatable bonds is 6. The summed E-state index contributed by atoms with van der Waals surface area (Å²) in [6, 6.07) is 8.05. The number of morpholine rings is 1. The molecule has 0 saturated carbocycles. The van der Waals surface area contributed by atoms with Gasteiger partial charge in [-0.05, 0) is 38.5 Å². The van der Waals surface area contributed by atoms with Crippen molar-refractivity contribution >= 4 is 40.3 Å². The van der Waals surface area contributed by atoms with E-state index in [1.54, 1.807) is 13.8 Å². The summed E-state index contributed by atoms with van der Waals surface area (Å²) in [5.41, 5.74) is 2.23. The van der Waals surface area contributed by atoms with E-state index in [0.717, 1.165) is 11.3 Å². The molecule has 1 aliphatic rings. The van der Waals surface area contributed by atoms with Gasteiger partial charge in [-0.2, -0.15) is 5.10 Å². The van der Waals surface area contributed by atoms with Crippen molar-refractivity contribution < 1.29 is 13.9 Å². The number of fused-ring (bicyclic) bond motifs is 1. The van der Waals surface area contributed by atoms with Gasteiger partial charge in [0.1, 0.15) is 11.1 Å². The van der Waals surface area contributed by atoms with Crippen molar-refractivity contribution in [1.82, 2.24) is 25.0 Å². The molecule has 5 rings (SSSR count). The van der Waals surface area contributed by atoms with Crippen molar-refractivity contribution in [3.8, 4) is 5.69 Å². The highest BCUT2D eigenvalue weighted by Gasteiger charge is 2.23. The van der Waals surface area contributed by atoms with Crippen LogP contribution in [0.2, 0.25) is 0 Å². The molecule has 0 bridgehead atoms. The van der Waals surface area contributed by atoms with E-state index in [2.05, 4.69) is 36.7 Å². The summed E-state index contributed by atoms with van der Waals surface area (Å²) >= 11 is 1.26. The Morgan fingerprint density at radius 1 is 1.17 bits per heavy atom. The fourth-order valence-corrected chi connectivity index (χ4v) is 4.89. The monoisotopic (exact) mass is 495 g/mol. The smallest absolute Gasteiger partial charge is 0.277 e. The van der Waals surface area contributed by atoms with Crippen molar-refractivity contribution in [3.05, 3.63) is 51.6 Å². The Morgan fingerprint density at radius 3 is 2.74 bits per heavy atom. The molecule has 182 valence electrons. The van der Waals surface area contributed by atoms with Crippen LogP contribution in [-0.4, -0.2) is 62.9 Å². The molecule has 1 aliphatic heterocycles. The van der Waals surface area contributed by atoms with E-state index in [-0.39, 0.29) is 22.9 Å². The standard InChI is InChI=1S/C23H25N7O4S/c1-13-5-4-6-16(11-13)30-22(29-7-9-33-10-8-29)27-28-23(30)35-12-17(31)24-21-19-18(15(3)34-21)14(2)25-26-20(19)32/h4-6,11H,7-10,12H2,1-3H3,(H,24,31)(H,26,32). The van der Waals surface area contributed by atoms with Gasteiger partial charge in [-0.15, -0.1) is 10.2 Å². The van der Waals surface area contributed by atoms with Crippen molar-refractivity contribution in [2.24, 2.45) is 0 Å². The van der Waals surface area contributed by atoms with Crippen LogP contribution >= 0.6 is 11.8 Å². The molecule has 11 nitrogen and oxygen atoms in total. The fraction of sp³-hybridized carbons (Fsp3) is 0.348. The van der Waals surface area contributed by atoms with Crippen LogP contribution in [0.15, 0.2) is 38.6 Å². The Balaban J connectivity index is 1.40. The van der Waals surface area contributed by atoms with E-state index in [4.69, 9.17) is 9.15 Å². The maximum absolute atomic E-state index is 12.8. The van der Waals surface area contributed by atoms with Gasteiger partial charge < -0.3 is 14.1 Å². The molecule has 12 heteroatoms. The number of benzene rings is 1. The maximum Gasteiger partial charge on any atom is 0.277 e. The first-order valence-electron chi connectivity index (χ1n) is 11.2. The number of amides is 1. The molecule has 0 aliphatic carbocycles. The molecule has 1 fully saturated rings. The van der Waals surface area contributed by atoms with Crippen LogP contribution < -0.4 is 15.8 Å². The minimum Gasteiger partial charge on any atom is -0.444 e. The summed E-state index contributed by atoms with van der Waals surface area (Å²) in [5.74, 6) is 1.07. The highest BCUT2D eigenvalue weighted by atomic mass is 32.2. The third-order valence-corrected chi connectivity index (χ3v) is 6.68. The quantitative estimate of drug-likeness (QED) is 0.387. The summed E-state index contributed by atoms with van der Waals surface area (Å²) < 4.78 is 13.1. The number of carbonyl (C=O) groups excluding carboxylic acids is 1. The molecular formula is C23H25N7O4S. The zero-order valence-corrected chi connectivity index (χ0v) is 20.4. The number of thioether (sulfide) groups is 1. The van der Waals surface area contributed by atoms with Crippen LogP contribution in [0.25, 0.3) is 16.5 Å². The first-order chi connectivity index (χ1) is 16.9. The van der Waals surface area contributed by atoms with Gasteiger partial charge in [0, 0.05) is 13.1 Å². The molecule has 4 heterocycles. The predicted molar refractivity (Wildman–Crippen MR) is 133 cm³/mol. The minimum atomic E-state index is -0.417. The van der Waals surface area contributed by atoms with E-state index >= 15 is 0 Å². The van der Waals surface area contributed by atoms with Crippen molar-refractivity contribution in [2.75, 3.05) is 42.3 Å². The maximum atomic E-state index is 12.8. The Labute approximate surface area is 204 Å². The number of nitrogens with zero attached hydrogens (tertiary/aromatic N) is 5. The zero-order chi connectivity index (χ0) is 24.5. The number of hydrogen-bond acceptors (Lipinski definition) is 9. The molecule has 0 unspecified atom stereocenters. The average Bonchev–Trinajstić information content (AvgIpc) is 3.42. The number of aromatic nitrogens is 5. The Morgan fingerprint density at radius 2 is 1.97 bits per heavy atom. The lowest BCUT2D eigenvalue weighted by atomic mass is 10.2. The Hall–Kier alpha value is -3.64. The number of anilines is 2. The predicted octanol–water partition coefficient (Wildman–Crippen LogP) is 2.59. The number of carbonyl (C=O) groups is 1. The minimum absolute atomic E-state index is 0.0519. The lowest BCUT2D eigenvalue weighted by Crippen LogP contribution is -2.37. The van der Waals surface area contributed by atoms with Gasteiger partial charge in [-0.3, -0.25) is 19.5 Å². The number of aryl methyl sites for hydroxylation is 3. The van der Waals surface area contributed by atoms with Crippen LogP contribution in [0.4, 0.5) is 11.8 Å². The SMILES string of the molecule is Cc1cccc(-n2c(SCC(=O)Nc3oc(C)c4c(C)n[nH]c(=O)c34)nnc2N2CCOCC2)c1. The van der Waals surface area contributed by atoms with Gasteiger partial charge >= 0.3 is 0 Å². The molecule has 35 heavy (non-hydrogen) atoms. The fourth-order valence-electron chi connectivity index (χ4n) is 4.14. The summed E-state index contributed by atoms with van der Waals surface area (Å²) in [7, 11) is 0. The van der Waals surface area contributed by atoms with E-state index in [0.29, 0.717) is 54.2 Å². The van der Waals surface area contributed by atoms with Crippen LogP contribution in [0.5, 0.6) is 0 Å². The highest BCUT2D eigenvalue weighted by Crippen LogP contribution is 2.30. The molecule has 0 spiro atoms. The Bertz CT molecular complexity index is 1450. The van der Waals surface area contributed by atoms with Gasteiger partial charge in [0.15, 0.2) is 5.16 Å². The molecule has 0 radical (unpaired) electrons. The molecule has 2 N–H and O–H groups in total. The first kappa shape index (κ1) is 23.1. The van der Waals surface area contributed by atoms with Gasteiger partial charge in [0.2, 0.25) is 17.7 Å². The van der Waals surface area contributed by atoms with Gasteiger partial charge in [0.05, 0.1) is 35.7 Å². The largest absolute Gasteiger partial charge is 0.444 e. The molecule has 4 aromatic rings. The molecule has 1 amide bonds. The van der Waals surface area contributed by atoms with Crippen LogP contribution in [0.1, 0.15) is 17.0 Å². The average molecular weight is 496 g/mol. The number of hydrogen-bond donors (Lipinski definition) is 2. The molecule has 1 saturated heterocycles. The number of H-pyrrole nitrogens is 1. The van der Waals surface area contributed by atoms with E-state index in [1.165, 1.54) is 11.8 Å². The molecule has 1 aromatic carbocycles. The van der Waals surface area contributed by atoms with E-state index in [1.807, 2.05) is 29.7 Å². The number of furan rings is 1. The summed E-state index contributed by atoms with van der Waals surface area (Å²) in [6.07, 6.45) is 0. The van der Waals surface area contributed by atoms with Gasteiger partial charge in [-0.1, -0.05) is 23.9 Å². The number of aromatic amines is 1. The second-order valence-electron chi connectivity index (χ2n) is 8.27. The third kappa shape index (κ3) is 4.54. The summed E-state index contributed by atoms with van der Waals surface area (Å²) in [4.78, 5) is 27.3. The normalized spacial score (nSPS) is 14.0. The lowest BCUT2D eigenvalue weighted by Gasteiger charge is -2.28. The Kier molecular flexibility index (Phi) is 6.31. The summed E-state index contributed by atoms with van der Waals surface area (Å²) in [6.45, 7) is 8.19. The van der Waals surface area contributed by atoms with Crippen molar-refractivity contribution in [1.29, 1.82) is 0 Å². The van der Waals surface area contributed by atoms with E-state index in [9.17, 15) is 9.59 Å². The molecular weight excluding hydrogens is 470 g/mol. The van der Waals surface area contributed by atoms with E-state index < -0.39 is 5.56 Å². The van der Waals surface area contributed by atoms with Gasteiger partial charge in [0.25, 0.3) is 5.56 Å². The van der Waals surface area contributed by atoms with Crippen LogP contribution in [0, 0.1) is 20.8 Å². The van der Waals surface area contributed by atoms with Crippen LogP contribution in [-0.2, 0) is 9.53 Å². The molecule has 3 aromatic heterocycles. The molecule has 0 atom stereocenters.